The van der Waals surface area contributed by atoms with Crippen LogP contribution in [0.5, 0.6) is 0 Å². The Morgan fingerprint density at radius 2 is 2.14 bits per heavy atom. The quantitative estimate of drug-likeness (QED) is 0.777. The predicted octanol–water partition coefficient (Wildman–Crippen LogP) is 2.35. The number of benzene rings is 1. The average molecular weight is 248 g/mol. The van der Waals surface area contributed by atoms with Gasteiger partial charge in [-0.25, -0.2) is 13.4 Å². The summed E-state index contributed by atoms with van der Waals surface area (Å²) in [6.07, 6.45) is 1.16. The fourth-order valence-corrected chi connectivity index (χ4v) is 3.14. The van der Waals surface area contributed by atoms with Crippen molar-refractivity contribution in [3.63, 3.8) is 0 Å². The lowest BCUT2D eigenvalue weighted by molar-refractivity contribution is 0.602. The summed E-state index contributed by atoms with van der Waals surface area (Å²) in [5.74, 6) is 0. The lowest BCUT2D eigenvalue weighted by Crippen LogP contribution is -1.97. The number of nitrogens with zero attached hydrogens (tertiary/aromatic N) is 1. The third-order valence-corrected chi connectivity index (χ3v) is 4.01. The molecule has 6 heteroatoms. The molecule has 0 unspecified atom stereocenters. The number of aromatic nitrogens is 1. The minimum absolute atomic E-state index is 0.234. The summed E-state index contributed by atoms with van der Waals surface area (Å²) in [5, 5.41) is 0. The maximum Gasteiger partial charge on any atom is 0.184 e. The molecule has 0 bridgehead atoms. The summed E-state index contributed by atoms with van der Waals surface area (Å²) < 4.78 is 23.9. The summed E-state index contributed by atoms with van der Waals surface area (Å²) >= 11 is 6.99. The summed E-state index contributed by atoms with van der Waals surface area (Å²) in [5.41, 5.74) is 0.463. The van der Waals surface area contributed by atoms with E-state index in [9.17, 15) is 8.42 Å². The van der Waals surface area contributed by atoms with Gasteiger partial charge in [0, 0.05) is 6.26 Å². The Balaban J connectivity index is 2.90. The first kappa shape index (κ1) is 9.89. The first-order valence-corrected chi connectivity index (χ1v) is 6.82. The molecule has 0 atom stereocenters. The van der Waals surface area contributed by atoms with Gasteiger partial charge >= 0.3 is 0 Å². The van der Waals surface area contributed by atoms with Gasteiger partial charge in [0.05, 0.1) is 9.60 Å². The van der Waals surface area contributed by atoms with Crippen LogP contribution in [-0.4, -0.2) is 19.7 Å². The van der Waals surface area contributed by atoms with Gasteiger partial charge in [-0.2, -0.15) is 0 Å². The molecule has 0 aliphatic heterocycles. The second-order valence-electron chi connectivity index (χ2n) is 2.84. The van der Waals surface area contributed by atoms with Gasteiger partial charge in [-0.1, -0.05) is 17.7 Å². The van der Waals surface area contributed by atoms with Crippen molar-refractivity contribution in [1.82, 2.24) is 4.98 Å². The van der Waals surface area contributed by atoms with Crippen LogP contribution >= 0.6 is 22.9 Å². The smallest absolute Gasteiger partial charge is 0.184 e. The minimum Gasteiger partial charge on any atom is -0.224 e. The number of hydrogen-bond donors (Lipinski definition) is 0. The normalized spacial score (nSPS) is 12.1. The van der Waals surface area contributed by atoms with Crippen molar-refractivity contribution in [2.45, 2.75) is 4.90 Å². The summed E-state index contributed by atoms with van der Waals surface area (Å²) in [4.78, 5) is 4.22. The summed E-state index contributed by atoms with van der Waals surface area (Å²) in [6, 6.07) is 5.02. The molecule has 74 valence electrons. The molecular weight excluding hydrogens is 242 g/mol. The van der Waals surface area contributed by atoms with Crippen LogP contribution in [0.4, 0.5) is 0 Å². The molecule has 0 saturated carbocycles. The van der Waals surface area contributed by atoms with E-state index in [1.165, 1.54) is 17.4 Å². The Labute approximate surface area is 90.3 Å². The van der Waals surface area contributed by atoms with Crippen molar-refractivity contribution in [3.8, 4) is 0 Å². The van der Waals surface area contributed by atoms with Gasteiger partial charge in [-0.3, -0.25) is 0 Å². The zero-order valence-electron chi connectivity index (χ0n) is 7.19. The van der Waals surface area contributed by atoms with Crippen LogP contribution in [0.15, 0.2) is 23.1 Å². The number of para-hydroxylation sites is 1. The number of fused-ring (bicyclic) bond motifs is 1. The third-order valence-electron chi connectivity index (χ3n) is 1.76. The molecular formula is C8H6ClNO2S2. The molecule has 0 aliphatic carbocycles. The van der Waals surface area contributed by atoms with Crippen LogP contribution in [0.25, 0.3) is 10.2 Å². The van der Waals surface area contributed by atoms with Gasteiger partial charge in [0.1, 0.15) is 5.52 Å². The monoisotopic (exact) mass is 247 g/mol. The van der Waals surface area contributed by atoms with Crippen LogP contribution < -0.4 is 0 Å². The first-order valence-electron chi connectivity index (χ1n) is 3.73. The maximum atomic E-state index is 11.4. The average Bonchev–Trinajstić information content (AvgIpc) is 2.41. The number of halogens is 1. The fourth-order valence-electron chi connectivity index (χ4n) is 1.20. The molecule has 2 rings (SSSR count). The standard InChI is InChI=1S/C8H6ClNO2S2/c1-14(11,12)6-4-2-3-5-7(6)10-8(9)13-5/h2-4H,1H3. The second kappa shape index (κ2) is 3.18. The number of thiazole rings is 1. The molecule has 0 amide bonds. The minimum atomic E-state index is -3.23. The highest BCUT2D eigenvalue weighted by atomic mass is 35.5. The van der Waals surface area contributed by atoms with Gasteiger partial charge in [0.2, 0.25) is 0 Å². The molecule has 0 saturated heterocycles. The van der Waals surface area contributed by atoms with Crippen LogP contribution in [0.1, 0.15) is 0 Å². The summed E-state index contributed by atoms with van der Waals surface area (Å²) in [7, 11) is -3.23. The fraction of sp³-hybridized carbons (Fsp3) is 0.125. The summed E-state index contributed by atoms with van der Waals surface area (Å²) in [6.45, 7) is 0. The molecule has 1 aromatic heterocycles. The van der Waals surface area contributed by atoms with Crippen LogP contribution in [0, 0.1) is 0 Å². The van der Waals surface area contributed by atoms with E-state index in [4.69, 9.17) is 11.6 Å². The van der Waals surface area contributed by atoms with Crippen LogP contribution in [0.2, 0.25) is 4.47 Å². The van der Waals surface area contributed by atoms with E-state index in [0.717, 1.165) is 11.0 Å². The lowest BCUT2D eigenvalue weighted by Gasteiger charge is -1.97. The van der Waals surface area contributed by atoms with Gasteiger partial charge in [0.25, 0.3) is 0 Å². The van der Waals surface area contributed by atoms with Crippen molar-refractivity contribution >= 4 is 43.0 Å². The zero-order valence-corrected chi connectivity index (χ0v) is 9.58. The Kier molecular flexibility index (Phi) is 2.25. The SMILES string of the molecule is CS(=O)(=O)c1cccc2sc(Cl)nc12. The highest BCUT2D eigenvalue weighted by Gasteiger charge is 2.14. The topological polar surface area (TPSA) is 47.0 Å². The van der Waals surface area contributed by atoms with Crippen molar-refractivity contribution in [3.05, 3.63) is 22.7 Å². The Morgan fingerprint density at radius 3 is 2.79 bits per heavy atom. The largest absolute Gasteiger partial charge is 0.224 e. The van der Waals surface area contributed by atoms with Gasteiger partial charge in [0.15, 0.2) is 14.3 Å². The molecule has 1 heterocycles. The molecule has 0 fully saturated rings. The molecule has 0 spiro atoms. The Morgan fingerprint density at radius 1 is 1.43 bits per heavy atom. The van der Waals surface area contributed by atoms with Crippen molar-refractivity contribution < 1.29 is 8.42 Å². The zero-order chi connectivity index (χ0) is 10.3. The lowest BCUT2D eigenvalue weighted by atomic mass is 10.3. The molecule has 0 radical (unpaired) electrons. The number of rotatable bonds is 1. The van der Waals surface area contributed by atoms with E-state index in [-0.39, 0.29) is 4.90 Å². The number of hydrogen-bond acceptors (Lipinski definition) is 4. The van der Waals surface area contributed by atoms with Gasteiger partial charge in [-0.15, -0.1) is 11.3 Å². The van der Waals surface area contributed by atoms with Crippen LogP contribution in [-0.2, 0) is 9.84 Å². The molecule has 3 nitrogen and oxygen atoms in total. The Hall–Kier alpha value is -0.650. The van der Waals surface area contributed by atoms with E-state index >= 15 is 0 Å². The highest BCUT2D eigenvalue weighted by molar-refractivity contribution is 7.91. The van der Waals surface area contributed by atoms with E-state index < -0.39 is 9.84 Å². The van der Waals surface area contributed by atoms with Gasteiger partial charge in [-0.05, 0) is 12.1 Å². The first-order chi connectivity index (χ1) is 6.48. The van der Waals surface area contributed by atoms with Gasteiger partial charge < -0.3 is 0 Å². The van der Waals surface area contributed by atoms with E-state index in [0.29, 0.717) is 9.98 Å². The predicted molar refractivity (Wildman–Crippen MR) is 57.7 cm³/mol. The van der Waals surface area contributed by atoms with E-state index in [2.05, 4.69) is 4.98 Å². The van der Waals surface area contributed by atoms with Crippen molar-refractivity contribution in [2.24, 2.45) is 0 Å². The van der Waals surface area contributed by atoms with Crippen molar-refractivity contribution in [1.29, 1.82) is 0 Å². The molecule has 1 aromatic carbocycles. The number of sulfone groups is 1. The molecule has 0 N–H and O–H groups in total. The second-order valence-corrected chi connectivity index (χ2v) is 6.44. The van der Waals surface area contributed by atoms with Crippen LogP contribution in [0.3, 0.4) is 0 Å². The highest BCUT2D eigenvalue weighted by Crippen LogP contribution is 2.29. The van der Waals surface area contributed by atoms with E-state index in [1.54, 1.807) is 12.1 Å². The third kappa shape index (κ3) is 1.63. The van der Waals surface area contributed by atoms with Crippen molar-refractivity contribution in [2.75, 3.05) is 6.26 Å². The Bertz CT molecular complexity index is 588. The maximum absolute atomic E-state index is 11.4. The molecule has 14 heavy (non-hydrogen) atoms. The molecule has 2 aromatic rings. The molecule has 0 aliphatic rings. The van der Waals surface area contributed by atoms with E-state index in [1.807, 2.05) is 0 Å².